The number of aliphatic hydroxyl groups is 2. The number of nitrogens with one attached hydrogen (secondary N) is 14. The molecule has 0 spiro atoms. The maximum Gasteiger partial charge on any atom is 0.246 e. The van der Waals surface area contributed by atoms with Crippen molar-refractivity contribution in [1.82, 2.24) is 93.0 Å². The van der Waals surface area contributed by atoms with E-state index in [9.17, 15) is 58.5 Å². The summed E-state index contributed by atoms with van der Waals surface area (Å²) in [7, 11) is 3.91. The number of nitrogens with zero attached hydrogens (tertiary/aromatic N) is 5. The first kappa shape index (κ1) is 112. The van der Waals surface area contributed by atoms with Crippen molar-refractivity contribution in [3.8, 4) is 22.8 Å². The molecule has 3 fully saturated rings. The van der Waals surface area contributed by atoms with Crippen molar-refractivity contribution in [2.45, 2.75) is 241 Å². The summed E-state index contributed by atoms with van der Waals surface area (Å²) in [5, 5.41) is 71.2. The van der Waals surface area contributed by atoms with Crippen LogP contribution in [0.1, 0.15) is 148 Å². The topological polar surface area (TPSA) is 668 Å². The van der Waals surface area contributed by atoms with Crippen molar-refractivity contribution in [3.63, 3.8) is 0 Å². The van der Waals surface area contributed by atoms with Gasteiger partial charge in [-0.1, -0.05) is 109 Å². The number of para-hydroxylation sites is 2. The number of aromatic nitrogens is 2. The van der Waals surface area contributed by atoms with Gasteiger partial charge in [0.2, 0.25) is 100 Å². The number of hydrogen-bond acceptors (Lipinski definition) is 24. The summed E-state index contributed by atoms with van der Waals surface area (Å²) < 4.78 is 5.95. The molecule has 3 aliphatic heterocycles. The lowest BCUT2D eigenvalue weighted by molar-refractivity contribution is -0.149. The molecule has 772 valence electrons. The SMILES string of the molecule is CCCC[C@H]1C(=O)N(C)[C@@H](CCCC)C(=O)N[C@@H](CCCNC(=N)N)C(=O)N[C@H](C(=O)NCC(N)=O)CSCC(=O)N[C@@H](Cc2ccc(O)cc2)C(=O)N(C)[C@@H](C)C(=O)N[C@@H](CC(N)=O)C(=O)N2CCC[C@H]2C(=O)N[C@@H](CN)C(=O)N[C@@H](CC(C)C)C(=O)N2C[C@H](O)C[C@H]2C(=O)N[C@@H](Cc2c[nH]c3ccccc23)C(=O)N[C@@H](CO)C(=O)N[C@@H](Cc2c(-c3ccc(OCCC)cc3)[nH]c3ccccc23)C(=O)N1C. The van der Waals surface area contributed by atoms with Gasteiger partial charge in [-0.2, -0.15) is 0 Å². The molecule has 17 amide bonds. The quantitative estimate of drug-likeness (QED) is 0.0145. The minimum atomic E-state index is -1.94. The standard InChI is InChI=1S/C97H137N23O21S/c1-10-13-26-75-89(133)108-66(25-19-37-103-97(101)102)85(129)115-74(84(128)105-48-80(100)125)51-142-52-81(126)106-69(41-55-29-33-58(122)34-30-55)92(136)116(7)54(6)83(127)110-71(45-79(99)124)94(138)119-38-20-28-76(119)90(134)113-72(46-98)87(131)111-68(40-53(4)5)95(139)120-49-59(123)43-78(120)91(135)109-67(42-57-47-104-64-23-17-15-21-61(57)64)86(130)114-73(50-121)88(132)112-70(93(137)118(9)77(27-14-11-2)96(140)117(75)8)44-63-62-22-16-18-24-65(62)107-82(63)56-31-35-60(36-32-56)141-39-12-3/h15-18,21-24,29-36,47,53-54,59,66-78,104,107,121-123H,10-14,19-20,25-28,37-46,48-52,98H2,1-9H3,(H2,99,124)(H2,100,125)(H,105,128)(H,106,126)(H,108,133)(H,109,135)(H,110,127)(H,111,131)(H,112,132)(H,113,134)(H,114,130)(H,115,129)(H4,101,102,103)/t54-,59+,66-,67-,68-,69-,70-,71-,72-,73-,74-,75-,76-,77-,78-/m0/s1. The van der Waals surface area contributed by atoms with Crippen LogP contribution in [0.4, 0.5) is 0 Å². The maximum absolute atomic E-state index is 16.3. The number of guanidine groups is 1. The summed E-state index contributed by atoms with van der Waals surface area (Å²) in [6.45, 7) is 7.70. The Balaban J connectivity index is 1.13. The van der Waals surface area contributed by atoms with E-state index in [1.165, 1.54) is 52.3 Å². The van der Waals surface area contributed by atoms with E-state index in [1.807, 2.05) is 26.8 Å². The second kappa shape index (κ2) is 53.6. The van der Waals surface area contributed by atoms with Gasteiger partial charge in [0.1, 0.15) is 96.1 Å². The lowest BCUT2D eigenvalue weighted by Crippen LogP contribution is -2.62. The molecule has 2 aromatic heterocycles. The van der Waals surface area contributed by atoms with Crippen LogP contribution in [0.15, 0.2) is 103 Å². The van der Waals surface area contributed by atoms with Crippen LogP contribution in [0.2, 0.25) is 0 Å². The molecule has 6 aromatic rings. The number of nitrogens with two attached hydrogens (primary N) is 4. The minimum absolute atomic E-state index is 0.0216. The number of carbonyl (C=O) groups is 17. The number of likely N-dealkylation sites (N-methyl/N-ethyl adjacent to an activating group) is 3. The van der Waals surface area contributed by atoms with E-state index in [2.05, 4.69) is 68.5 Å². The number of thioether (sulfide) groups is 1. The summed E-state index contributed by atoms with van der Waals surface area (Å²) in [6, 6.07) is 4.58. The third-order valence-electron chi connectivity index (χ3n) is 25.3. The Hall–Kier alpha value is -14.0. The number of amides is 17. The number of benzene rings is 4. The van der Waals surface area contributed by atoms with Crippen LogP contribution in [-0.4, -0.2) is 325 Å². The van der Waals surface area contributed by atoms with Crippen molar-refractivity contribution in [3.05, 3.63) is 120 Å². The first-order valence-corrected chi connectivity index (χ1v) is 49.1. The molecule has 15 atom stereocenters. The summed E-state index contributed by atoms with van der Waals surface area (Å²) in [6.07, 6.45) is 0.0558. The van der Waals surface area contributed by atoms with Gasteiger partial charge in [0.05, 0.1) is 38.0 Å². The number of ether oxygens (including phenoxy) is 1. The highest BCUT2D eigenvalue weighted by atomic mass is 32.2. The molecule has 9 rings (SSSR count). The highest BCUT2D eigenvalue weighted by Gasteiger charge is 2.47. The van der Waals surface area contributed by atoms with E-state index < -0.39 is 248 Å². The van der Waals surface area contributed by atoms with Gasteiger partial charge in [-0.05, 0) is 135 Å². The minimum Gasteiger partial charge on any atom is -0.508 e. The Labute approximate surface area is 827 Å². The number of fused-ring (bicyclic) bond motifs is 4. The molecule has 4 aromatic carbocycles. The number of H-pyrrole nitrogens is 2. The van der Waals surface area contributed by atoms with E-state index >= 15 is 38.4 Å². The predicted octanol–water partition coefficient (Wildman–Crippen LogP) is -1.48. The van der Waals surface area contributed by atoms with Crippen LogP contribution in [0.3, 0.4) is 0 Å². The van der Waals surface area contributed by atoms with E-state index in [0.29, 0.717) is 87.8 Å². The normalized spacial score (nSPS) is 24.1. The molecular formula is C97H137N23O21S. The zero-order chi connectivity index (χ0) is 104. The molecule has 0 bridgehead atoms. The fourth-order valence-corrected chi connectivity index (χ4v) is 18.3. The molecule has 25 N–H and O–H groups in total. The maximum atomic E-state index is 16.3. The van der Waals surface area contributed by atoms with Gasteiger partial charge >= 0.3 is 0 Å². The lowest BCUT2D eigenvalue weighted by atomic mass is 9.96. The Morgan fingerprint density at radius 3 is 1.79 bits per heavy atom. The second-order valence-corrected chi connectivity index (χ2v) is 37.5. The number of unbranched alkanes of at least 4 members (excludes halogenated alkanes) is 2. The Morgan fingerprint density at radius 2 is 1.14 bits per heavy atom. The zero-order valence-corrected chi connectivity index (χ0v) is 82.4. The molecule has 0 radical (unpaired) electrons. The third kappa shape index (κ3) is 30.8. The molecule has 0 saturated carbocycles. The van der Waals surface area contributed by atoms with Crippen molar-refractivity contribution in [1.29, 1.82) is 5.41 Å². The molecule has 5 heterocycles. The van der Waals surface area contributed by atoms with Gasteiger partial charge in [0.25, 0.3) is 0 Å². The number of rotatable bonds is 29. The molecule has 45 heteroatoms. The van der Waals surface area contributed by atoms with E-state index in [0.717, 1.165) is 42.7 Å². The fourth-order valence-electron chi connectivity index (χ4n) is 17.5. The second-order valence-electron chi connectivity index (χ2n) is 36.5. The monoisotopic (exact) mass is 1990 g/mol. The highest BCUT2D eigenvalue weighted by molar-refractivity contribution is 8.00. The van der Waals surface area contributed by atoms with Crippen LogP contribution in [0.25, 0.3) is 33.1 Å². The van der Waals surface area contributed by atoms with Gasteiger partial charge in [0, 0.05) is 112 Å². The van der Waals surface area contributed by atoms with Crippen LogP contribution >= 0.6 is 11.8 Å². The average Bonchev–Trinajstić information content (AvgIpc) is 1.61. The van der Waals surface area contributed by atoms with Gasteiger partial charge in [-0.15, -0.1) is 11.8 Å². The van der Waals surface area contributed by atoms with Crippen molar-refractivity contribution in [2.24, 2.45) is 28.9 Å². The molecular weight excluding hydrogens is 1860 g/mol. The Bertz CT molecular complexity index is 5470. The molecule has 142 heavy (non-hydrogen) atoms. The third-order valence-corrected chi connectivity index (χ3v) is 26.4. The summed E-state index contributed by atoms with van der Waals surface area (Å²) in [5.41, 5.74) is 26.7. The molecule has 0 aliphatic carbocycles. The smallest absolute Gasteiger partial charge is 0.246 e. The van der Waals surface area contributed by atoms with Crippen molar-refractivity contribution in [2.75, 3.05) is 78.6 Å². The number of hydrogen-bond donors (Lipinski definition) is 21. The number of carbonyl (C=O) groups excluding carboxylic acids is 17. The Morgan fingerprint density at radius 1 is 0.563 bits per heavy atom. The average molecular weight is 1990 g/mol. The lowest BCUT2D eigenvalue weighted by Gasteiger charge is -2.36. The Kier molecular flexibility index (Phi) is 42.2. The van der Waals surface area contributed by atoms with Crippen LogP contribution < -0.4 is 86.2 Å². The molecule has 3 aliphatic rings. The van der Waals surface area contributed by atoms with E-state index in [-0.39, 0.29) is 89.0 Å². The first-order valence-electron chi connectivity index (χ1n) is 48.0. The number of phenolic OH excluding ortho intramolecular Hbond substituents is 1. The van der Waals surface area contributed by atoms with E-state index in [4.69, 9.17) is 33.1 Å². The largest absolute Gasteiger partial charge is 0.508 e. The van der Waals surface area contributed by atoms with Crippen LogP contribution in [0, 0.1) is 11.3 Å². The fraction of sp³-hybridized carbons (Fsp3) is 0.526. The van der Waals surface area contributed by atoms with Crippen molar-refractivity contribution >= 4 is 140 Å². The van der Waals surface area contributed by atoms with Gasteiger partial charge in [-0.3, -0.25) is 86.9 Å². The van der Waals surface area contributed by atoms with Gasteiger partial charge < -0.3 is 136 Å². The van der Waals surface area contributed by atoms with E-state index in [1.54, 1.807) is 86.8 Å². The summed E-state index contributed by atoms with van der Waals surface area (Å²) in [5.74, 6) is -17.8. The van der Waals surface area contributed by atoms with Crippen LogP contribution in [-0.2, 0) is 101 Å². The number of aromatic amines is 2. The number of aromatic hydroxyl groups is 1. The summed E-state index contributed by atoms with van der Waals surface area (Å²) >= 11 is 0.757. The first-order chi connectivity index (χ1) is 67.7. The highest BCUT2D eigenvalue weighted by Crippen LogP contribution is 2.34. The summed E-state index contributed by atoms with van der Waals surface area (Å²) in [4.78, 5) is 263. The number of phenols is 1. The zero-order valence-electron chi connectivity index (χ0n) is 81.6. The molecule has 0 unspecified atom stereocenters. The number of primary amides is 2. The predicted molar refractivity (Wildman–Crippen MR) is 528 cm³/mol. The van der Waals surface area contributed by atoms with Gasteiger partial charge in [-0.25, -0.2) is 0 Å². The molecule has 44 nitrogen and oxygen atoms in total. The van der Waals surface area contributed by atoms with Crippen molar-refractivity contribution < 1.29 is 102 Å². The van der Waals surface area contributed by atoms with Gasteiger partial charge in [0.15, 0.2) is 5.96 Å². The van der Waals surface area contributed by atoms with Crippen LogP contribution in [0.5, 0.6) is 11.5 Å². The molecule has 3 saturated heterocycles. The number of aliphatic hydroxyl groups excluding tert-OH is 2.